The van der Waals surface area contributed by atoms with E-state index in [1.54, 1.807) is 12.1 Å². The first-order chi connectivity index (χ1) is 9.00. The number of nitrogens with zero attached hydrogens (tertiary/aromatic N) is 1. The smallest absolute Gasteiger partial charge is 0.235 e. The van der Waals surface area contributed by atoms with Crippen molar-refractivity contribution in [3.63, 3.8) is 0 Å². The Balaban J connectivity index is 2.13. The molecule has 1 aromatic rings. The molecule has 0 N–H and O–H groups in total. The Morgan fingerprint density at radius 3 is 2.63 bits per heavy atom. The average Bonchev–Trinajstić information content (AvgIpc) is 2.39. The third kappa shape index (κ3) is 3.69. The summed E-state index contributed by atoms with van der Waals surface area (Å²) < 4.78 is 28.5. The fourth-order valence-corrected chi connectivity index (χ4v) is 4.07. The molecule has 1 heterocycles. The molecule has 4 nitrogen and oxygen atoms in total. The van der Waals surface area contributed by atoms with Crippen molar-refractivity contribution in [2.75, 3.05) is 13.2 Å². The zero-order chi connectivity index (χ0) is 13.9. The van der Waals surface area contributed by atoms with Gasteiger partial charge in [0.05, 0.1) is 23.5 Å². The van der Waals surface area contributed by atoms with E-state index in [0.717, 1.165) is 5.56 Å². The topological polar surface area (TPSA) is 67.2 Å². The zero-order valence-electron chi connectivity index (χ0n) is 10.3. The molecule has 0 radical (unpaired) electrons. The number of ether oxygens (including phenoxy) is 1. The van der Waals surface area contributed by atoms with Crippen LogP contribution in [0.2, 0.25) is 0 Å². The Morgan fingerprint density at radius 1 is 1.37 bits per heavy atom. The molecule has 1 fully saturated rings. The van der Waals surface area contributed by atoms with Crippen molar-refractivity contribution in [2.45, 2.75) is 18.1 Å². The molecule has 0 spiro atoms. The summed E-state index contributed by atoms with van der Waals surface area (Å²) in [6, 6.07) is 9.18. The van der Waals surface area contributed by atoms with Crippen LogP contribution in [0, 0.1) is 17.2 Å². The predicted octanol–water partition coefficient (Wildman–Crippen LogP) is 2.07. The van der Waals surface area contributed by atoms with Crippen LogP contribution in [0.5, 0.6) is 0 Å². The van der Waals surface area contributed by atoms with Crippen molar-refractivity contribution in [2.24, 2.45) is 5.92 Å². The van der Waals surface area contributed by atoms with Gasteiger partial charge >= 0.3 is 0 Å². The maximum atomic E-state index is 11.6. The molecule has 0 saturated carbocycles. The lowest BCUT2D eigenvalue weighted by Gasteiger charge is -2.29. The van der Waals surface area contributed by atoms with Crippen molar-refractivity contribution in [3.05, 3.63) is 35.4 Å². The Morgan fingerprint density at radius 2 is 2.05 bits per heavy atom. The average molecular weight is 300 g/mol. The highest BCUT2D eigenvalue weighted by Crippen LogP contribution is 2.27. The number of halogens is 1. The number of hydrogen-bond donors (Lipinski definition) is 0. The SMILES string of the molecule is N#Cc1ccc(C[C@@H]2COCC[C@H]2S(=O)(=O)Cl)cc1. The van der Waals surface area contributed by atoms with E-state index >= 15 is 0 Å². The molecule has 1 aliphatic heterocycles. The second kappa shape index (κ2) is 5.91. The second-order valence-corrected chi connectivity index (χ2v) is 7.50. The number of rotatable bonds is 3. The minimum absolute atomic E-state index is 0.135. The Bertz CT molecular complexity index is 577. The second-order valence-electron chi connectivity index (χ2n) is 4.65. The zero-order valence-corrected chi connectivity index (χ0v) is 11.8. The molecule has 102 valence electrons. The van der Waals surface area contributed by atoms with Crippen LogP contribution in [0.4, 0.5) is 0 Å². The molecule has 0 unspecified atom stereocenters. The number of nitriles is 1. The van der Waals surface area contributed by atoms with Gasteiger partial charge in [-0.25, -0.2) is 8.42 Å². The maximum absolute atomic E-state index is 11.6. The van der Waals surface area contributed by atoms with Gasteiger partial charge in [0.25, 0.3) is 0 Å². The third-order valence-corrected chi connectivity index (χ3v) is 5.38. The van der Waals surface area contributed by atoms with Crippen LogP contribution in [0.25, 0.3) is 0 Å². The van der Waals surface area contributed by atoms with Crippen molar-refractivity contribution < 1.29 is 13.2 Å². The van der Waals surface area contributed by atoms with E-state index < -0.39 is 14.3 Å². The van der Waals surface area contributed by atoms with E-state index in [1.165, 1.54) is 0 Å². The molecule has 1 saturated heterocycles. The summed E-state index contributed by atoms with van der Waals surface area (Å²) in [7, 11) is 1.93. The van der Waals surface area contributed by atoms with E-state index in [9.17, 15) is 8.42 Å². The summed E-state index contributed by atoms with van der Waals surface area (Å²) in [6.07, 6.45) is 1.02. The van der Waals surface area contributed by atoms with Gasteiger partial charge in [0, 0.05) is 23.2 Å². The maximum Gasteiger partial charge on any atom is 0.235 e. The molecule has 19 heavy (non-hydrogen) atoms. The van der Waals surface area contributed by atoms with Crippen LogP contribution in [-0.2, 0) is 20.2 Å². The van der Waals surface area contributed by atoms with Crippen LogP contribution in [0.1, 0.15) is 17.5 Å². The fourth-order valence-electron chi connectivity index (χ4n) is 2.36. The van der Waals surface area contributed by atoms with Gasteiger partial charge in [-0.2, -0.15) is 5.26 Å². The van der Waals surface area contributed by atoms with Gasteiger partial charge in [0.1, 0.15) is 0 Å². The molecule has 1 aliphatic rings. The van der Waals surface area contributed by atoms with Crippen molar-refractivity contribution in [1.82, 2.24) is 0 Å². The van der Waals surface area contributed by atoms with Gasteiger partial charge in [-0.3, -0.25) is 0 Å². The largest absolute Gasteiger partial charge is 0.381 e. The molecule has 0 amide bonds. The molecule has 6 heteroatoms. The van der Waals surface area contributed by atoms with Crippen molar-refractivity contribution in [1.29, 1.82) is 5.26 Å². The monoisotopic (exact) mass is 299 g/mol. The molecular weight excluding hydrogens is 286 g/mol. The molecule has 0 aromatic heterocycles. The van der Waals surface area contributed by atoms with E-state index in [-0.39, 0.29) is 5.92 Å². The summed E-state index contributed by atoms with van der Waals surface area (Å²) in [5.74, 6) is -0.135. The quantitative estimate of drug-likeness (QED) is 0.801. The van der Waals surface area contributed by atoms with Gasteiger partial charge in [-0.15, -0.1) is 0 Å². The summed E-state index contributed by atoms with van der Waals surface area (Å²) in [6.45, 7) is 0.830. The van der Waals surface area contributed by atoms with Crippen molar-refractivity contribution >= 4 is 19.7 Å². The first-order valence-corrected chi connectivity index (χ1v) is 8.38. The molecule has 0 aliphatic carbocycles. The normalized spacial score (nSPS) is 23.8. The summed E-state index contributed by atoms with van der Waals surface area (Å²) >= 11 is 0. The summed E-state index contributed by atoms with van der Waals surface area (Å²) in [4.78, 5) is 0. The van der Waals surface area contributed by atoms with Crippen LogP contribution < -0.4 is 0 Å². The minimum atomic E-state index is -3.57. The van der Waals surface area contributed by atoms with Gasteiger partial charge in [0.2, 0.25) is 9.05 Å². The van der Waals surface area contributed by atoms with E-state index in [0.29, 0.717) is 31.6 Å². The third-order valence-electron chi connectivity index (χ3n) is 3.35. The minimum Gasteiger partial charge on any atom is -0.381 e. The lowest BCUT2D eigenvalue weighted by atomic mass is 9.93. The lowest BCUT2D eigenvalue weighted by Crippen LogP contribution is -2.37. The van der Waals surface area contributed by atoms with Gasteiger partial charge in [0.15, 0.2) is 0 Å². The predicted molar refractivity (Wildman–Crippen MR) is 72.3 cm³/mol. The fraction of sp³-hybridized carbons (Fsp3) is 0.462. The van der Waals surface area contributed by atoms with Gasteiger partial charge in [-0.05, 0) is 30.5 Å². The van der Waals surface area contributed by atoms with Gasteiger partial charge in [-0.1, -0.05) is 12.1 Å². The Kier molecular flexibility index (Phi) is 4.46. The molecule has 2 rings (SSSR count). The highest BCUT2D eigenvalue weighted by Gasteiger charge is 2.34. The Hall–Kier alpha value is -1.09. The first-order valence-electron chi connectivity index (χ1n) is 6.01. The van der Waals surface area contributed by atoms with E-state index in [2.05, 4.69) is 0 Å². The van der Waals surface area contributed by atoms with Crippen molar-refractivity contribution in [3.8, 4) is 6.07 Å². The summed E-state index contributed by atoms with van der Waals surface area (Å²) in [5.41, 5.74) is 1.57. The van der Waals surface area contributed by atoms with Gasteiger partial charge < -0.3 is 4.74 Å². The van der Waals surface area contributed by atoms with Crippen LogP contribution in [0.3, 0.4) is 0 Å². The standard InChI is InChI=1S/C13H14ClNO3S/c14-19(16,17)13-5-6-18-9-12(13)7-10-1-3-11(8-15)4-2-10/h1-4,12-13H,5-7,9H2/t12-,13-/m1/s1. The molecule has 1 aromatic carbocycles. The van der Waals surface area contributed by atoms with E-state index in [1.807, 2.05) is 18.2 Å². The number of hydrogen-bond acceptors (Lipinski definition) is 4. The van der Waals surface area contributed by atoms with E-state index in [4.69, 9.17) is 20.7 Å². The number of benzene rings is 1. The summed E-state index contributed by atoms with van der Waals surface area (Å²) in [5, 5.41) is 8.17. The lowest BCUT2D eigenvalue weighted by molar-refractivity contribution is 0.0577. The molecular formula is C13H14ClNO3S. The molecule has 2 atom stereocenters. The highest BCUT2D eigenvalue weighted by atomic mass is 35.7. The van der Waals surface area contributed by atoms with Crippen LogP contribution in [-0.4, -0.2) is 26.9 Å². The first kappa shape index (κ1) is 14.3. The highest BCUT2D eigenvalue weighted by molar-refractivity contribution is 8.14. The molecule has 0 bridgehead atoms. The van der Waals surface area contributed by atoms with Crippen LogP contribution >= 0.6 is 10.7 Å². The Labute approximate surface area is 117 Å². The van der Waals surface area contributed by atoms with Crippen LogP contribution in [0.15, 0.2) is 24.3 Å².